The Labute approximate surface area is 209 Å². The first-order valence-electron chi connectivity index (χ1n) is 11.9. The van der Waals surface area contributed by atoms with E-state index in [-0.39, 0.29) is 5.91 Å². The summed E-state index contributed by atoms with van der Waals surface area (Å²) in [7, 11) is 1.88. The molecular weight excluding hydrogens is 456 g/mol. The lowest BCUT2D eigenvalue weighted by molar-refractivity contribution is -0.129. The number of piperazine rings is 1. The molecule has 1 saturated heterocycles. The predicted molar refractivity (Wildman–Crippen MR) is 137 cm³/mol. The van der Waals surface area contributed by atoms with Crippen LogP contribution in [0.2, 0.25) is 0 Å². The second kappa shape index (κ2) is 9.08. The highest BCUT2D eigenvalue weighted by Crippen LogP contribution is 2.31. The number of carbonyl (C=O) groups is 1. The molecule has 0 bridgehead atoms. The highest BCUT2D eigenvalue weighted by Gasteiger charge is 2.24. The summed E-state index contributed by atoms with van der Waals surface area (Å²) in [6.45, 7) is 3.92. The minimum atomic E-state index is 0.179. The van der Waals surface area contributed by atoms with Gasteiger partial charge in [-0.1, -0.05) is 18.2 Å². The molecule has 1 amide bonds. The summed E-state index contributed by atoms with van der Waals surface area (Å²) < 4.78 is 1.69. The highest BCUT2D eigenvalue weighted by atomic mass is 32.1. The van der Waals surface area contributed by atoms with E-state index in [1.165, 1.54) is 21.6 Å². The van der Waals surface area contributed by atoms with Crippen LogP contribution in [-0.2, 0) is 24.2 Å². The van der Waals surface area contributed by atoms with Crippen LogP contribution in [0.4, 0.5) is 10.8 Å². The van der Waals surface area contributed by atoms with Gasteiger partial charge in [-0.25, -0.2) is 4.98 Å². The Morgan fingerprint density at radius 1 is 0.971 bits per heavy atom. The number of rotatable bonds is 5. The van der Waals surface area contributed by atoms with Crippen molar-refractivity contribution in [2.75, 3.05) is 43.0 Å². The average Bonchev–Trinajstić information content (AvgIpc) is 3.58. The summed E-state index contributed by atoms with van der Waals surface area (Å²) in [6.07, 6.45) is 8.43. The van der Waals surface area contributed by atoms with Gasteiger partial charge in [0.2, 0.25) is 5.91 Å². The molecule has 0 aliphatic carbocycles. The number of aromatic nitrogens is 3. The second-order valence-electron chi connectivity index (χ2n) is 9.13. The monoisotopic (exact) mass is 482 g/mol. The number of thiazole rings is 1. The van der Waals surface area contributed by atoms with Crippen molar-refractivity contribution in [1.82, 2.24) is 19.7 Å². The molecule has 0 N–H and O–H groups in total. The van der Waals surface area contributed by atoms with Crippen molar-refractivity contribution in [3.63, 3.8) is 0 Å². The van der Waals surface area contributed by atoms with Crippen LogP contribution < -0.4 is 9.80 Å². The molecule has 1 fully saturated rings. The normalized spacial score (nSPS) is 15.8. The van der Waals surface area contributed by atoms with E-state index in [1.54, 1.807) is 22.2 Å². The lowest BCUT2D eigenvalue weighted by Crippen LogP contribution is -2.48. The highest BCUT2D eigenvalue weighted by molar-refractivity contribution is 7.15. The molecule has 176 valence electrons. The maximum atomic E-state index is 12.2. The quantitative estimate of drug-likeness (QED) is 0.437. The fraction of sp³-hybridized carbons (Fsp3) is 0.296. The first-order valence-corrected chi connectivity index (χ1v) is 12.7. The molecule has 7 nitrogen and oxygen atoms in total. The van der Waals surface area contributed by atoms with E-state index >= 15 is 0 Å². The molecular formula is C27H26N6OS. The zero-order chi connectivity index (χ0) is 23.8. The minimum absolute atomic E-state index is 0.179. The summed E-state index contributed by atoms with van der Waals surface area (Å²) in [6, 6.07) is 17.9. The fourth-order valence-corrected chi connectivity index (χ4v) is 5.67. The average molecular weight is 483 g/mol. The molecule has 2 aromatic carbocycles. The molecule has 0 unspecified atom stereocenters. The van der Waals surface area contributed by atoms with E-state index in [0.717, 1.165) is 55.5 Å². The van der Waals surface area contributed by atoms with Crippen LogP contribution in [0.3, 0.4) is 0 Å². The molecule has 2 aromatic heterocycles. The van der Waals surface area contributed by atoms with Gasteiger partial charge in [0.1, 0.15) is 6.20 Å². The molecule has 4 aromatic rings. The van der Waals surface area contributed by atoms with Crippen molar-refractivity contribution in [3.8, 4) is 5.69 Å². The van der Waals surface area contributed by atoms with Crippen molar-refractivity contribution in [1.29, 1.82) is 0 Å². The van der Waals surface area contributed by atoms with Crippen LogP contribution in [0.25, 0.3) is 5.69 Å². The van der Waals surface area contributed by atoms with E-state index < -0.39 is 0 Å². The standard InChI is InChI=1S/C27H26N6OS/c1-30-13-14-31(19-26(30)34)24-8-5-21-9-12-32(18-22(21)16-24)27-28-17-25(35-27)15-20-3-6-23(7-4-20)33-11-2-10-29-33/h3-8,10,16-17H,9,12-15,18-19H2,1H3. The van der Waals surface area contributed by atoms with E-state index in [9.17, 15) is 4.79 Å². The first-order chi connectivity index (χ1) is 17.1. The topological polar surface area (TPSA) is 57.5 Å². The third-order valence-electron chi connectivity index (χ3n) is 6.80. The van der Waals surface area contributed by atoms with Crippen molar-refractivity contribution < 1.29 is 4.79 Å². The molecule has 6 rings (SSSR count). The number of nitrogens with zero attached hydrogens (tertiary/aromatic N) is 6. The Morgan fingerprint density at radius 2 is 1.83 bits per heavy atom. The third kappa shape index (κ3) is 4.47. The van der Waals surface area contributed by atoms with E-state index in [0.29, 0.717) is 6.54 Å². The van der Waals surface area contributed by atoms with Gasteiger partial charge in [0.25, 0.3) is 0 Å². The zero-order valence-corrected chi connectivity index (χ0v) is 20.5. The number of likely N-dealkylation sites (N-methyl/N-ethyl adjacent to an activating group) is 1. The smallest absolute Gasteiger partial charge is 0.241 e. The van der Waals surface area contributed by atoms with Crippen LogP contribution in [0.1, 0.15) is 21.6 Å². The van der Waals surface area contributed by atoms with Crippen molar-refractivity contribution in [3.05, 3.63) is 88.7 Å². The molecule has 8 heteroatoms. The number of amides is 1. The van der Waals surface area contributed by atoms with Crippen LogP contribution in [0.5, 0.6) is 0 Å². The van der Waals surface area contributed by atoms with E-state index in [4.69, 9.17) is 4.98 Å². The van der Waals surface area contributed by atoms with Gasteiger partial charge in [0, 0.05) is 62.6 Å². The molecule has 2 aliphatic heterocycles. The summed E-state index contributed by atoms with van der Waals surface area (Å²) >= 11 is 1.77. The number of fused-ring (bicyclic) bond motifs is 1. The number of anilines is 2. The van der Waals surface area contributed by atoms with Gasteiger partial charge in [0.05, 0.1) is 12.2 Å². The Morgan fingerprint density at radius 3 is 2.63 bits per heavy atom. The molecule has 0 spiro atoms. The summed E-state index contributed by atoms with van der Waals surface area (Å²) in [5, 5.41) is 5.26. The number of hydrogen-bond donors (Lipinski definition) is 0. The lowest BCUT2D eigenvalue weighted by Gasteiger charge is -2.35. The Bertz CT molecular complexity index is 1330. The van der Waals surface area contributed by atoms with Gasteiger partial charge in [-0.05, 0) is 53.4 Å². The Kier molecular flexibility index (Phi) is 5.63. The zero-order valence-electron chi connectivity index (χ0n) is 19.6. The third-order valence-corrected chi connectivity index (χ3v) is 7.86. The minimum Gasteiger partial charge on any atom is -0.360 e. The Balaban J connectivity index is 1.13. The summed E-state index contributed by atoms with van der Waals surface area (Å²) in [5.74, 6) is 0.179. The van der Waals surface area contributed by atoms with Crippen LogP contribution in [0, 0.1) is 12.3 Å². The molecule has 0 saturated carbocycles. The summed E-state index contributed by atoms with van der Waals surface area (Å²) in [4.78, 5) is 24.6. The first kappa shape index (κ1) is 21.7. The molecule has 0 atom stereocenters. The molecule has 35 heavy (non-hydrogen) atoms. The lowest BCUT2D eigenvalue weighted by atomic mass is 9.99. The van der Waals surface area contributed by atoms with Crippen LogP contribution >= 0.6 is 11.3 Å². The predicted octanol–water partition coefficient (Wildman–Crippen LogP) is 3.36. The number of carbonyl (C=O) groups excluding carboxylic acids is 1. The van der Waals surface area contributed by atoms with Crippen molar-refractivity contribution in [2.45, 2.75) is 19.4 Å². The van der Waals surface area contributed by atoms with Gasteiger partial charge in [-0.15, -0.1) is 11.3 Å². The van der Waals surface area contributed by atoms with Crippen molar-refractivity contribution in [2.24, 2.45) is 0 Å². The SMILES string of the molecule is CN1CCN(c2ccc3c(c2)CN(c2ncc(Cc4ccc(-n5c#ccn5)cc4)s2)CC3)CC1=O. The van der Waals surface area contributed by atoms with E-state index in [2.05, 4.69) is 69.6 Å². The largest absolute Gasteiger partial charge is 0.360 e. The molecule has 0 radical (unpaired) electrons. The molecule has 4 heterocycles. The maximum absolute atomic E-state index is 12.2. The summed E-state index contributed by atoms with van der Waals surface area (Å²) in [5.41, 5.74) is 6.10. The second-order valence-corrected chi connectivity index (χ2v) is 10.2. The maximum Gasteiger partial charge on any atom is 0.241 e. The number of benzene rings is 2. The van der Waals surface area contributed by atoms with Crippen molar-refractivity contribution >= 4 is 28.1 Å². The van der Waals surface area contributed by atoms with E-state index in [1.807, 2.05) is 18.1 Å². The van der Waals surface area contributed by atoms with Gasteiger partial charge in [0.15, 0.2) is 5.13 Å². The number of hydrogen-bond acceptors (Lipinski definition) is 6. The molecule has 2 aliphatic rings. The van der Waals surface area contributed by atoms with Gasteiger partial charge in [-0.3, -0.25) is 4.79 Å². The van der Waals surface area contributed by atoms with Gasteiger partial charge < -0.3 is 14.7 Å². The van der Waals surface area contributed by atoms with Crippen LogP contribution in [0.15, 0.2) is 54.9 Å². The fourth-order valence-electron chi connectivity index (χ4n) is 4.70. The van der Waals surface area contributed by atoms with Gasteiger partial charge >= 0.3 is 0 Å². The Hall–Kier alpha value is -3.83. The van der Waals surface area contributed by atoms with Gasteiger partial charge in [-0.2, -0.15) is 9.78 Å². The van der Waals surface area contributed by atoms with Crippen LogP contribution in [-0.4, -0.2) is 58.8 Å².